The molecule has 22 heavy (non-hydrogen) atoms. The Hall–Kier alpha value is -1.91. The van der Waals surface area contributed by atoms with Crippen LogP contribution in [0.4, 0.5) is 0 Å². The second-order valence-electron chi connectivity index (χ2n) is 4.29. The molecule has 2 aromatic rings. The van der Waals surface area contributed by atoms with Gasteiger partial charge in [-0.2, -0.15) is 5.10 Å². The maximum atomic E-state index is 5.09. The van der Waals surface area contributed by atoms with Gasteiger partial charge in [0, 0.05) is 32.9 Å². The number of guanidine groups is 1. The van der Waals surface area contributed by atoms with Gasteiger partial charge in [0.05, 0.1) is 13.7 Å². The van der Waals surface area contributed by atoms with E-state index >= 15 is 0 Å². The average Bonchev–Trinajstić information content (AvgIpc) is 2.93. The minimum Gasteiger partial charge on any atom is -0.481 e. The summed E-state index contributed by atoms with van der Waals surface area (Å²) in [5.74, 6) is 2.12. The monoisotopic (exact) mass is 417 g/mol. The first-order valence-corrected chi connectivity index (χ1v) is 6.49. The van der Waals surface area contributed by atoms with Gasteiger partial charge in [-0.1, -0.05) is 0 Å². The number of aromatic nitrogens is 4. The molecule has 0 fully saturated rings. The molecule has 2 N–H and O–H groups in total. The van der Waals surface area contributed by atoms with Gasteiger partial charge in [0.25, 0.3) is 0 Å². The molecule has 0 bridgehead atoms. The Labute approximate surface area is 146 Å². The molecular weight excluding hydrogens is 397 g/mol. The van der Waals surface area contributed by atoms with Crippen LogP contribution in [-0.2, 0) is 20.1 Å². The lowest BCUT2D eigenvalue weighted by atomic mass is 10.2. The zero-order valence-electron chi connectivity index (χ0n) is 12.8. The van der Waals surface area contributed by atoms with Crippen LogP contribution in [0.25, 0.3) is 0 Å². The third-order valence-electron chi connectivity index (χ3n) is 2.91. The minimum absolute atomic E-state index is 0. The quantitative estimate of drug-likeness (QED) is 0.423. The van der Waals surface area contributed by atoms with Crippen molar-refractivity contribution in [2.24, 2.45) is 12.0 Å². The van der Waals surface area contributed by atoms with E-state index in [1.807, 2.05) is 19.2 Å². The molecule has 0 spiro atoms. The number of methoxy groups -OCH3 is 1. The summed E-state index contributed by atoms with van der Waals surface area (Å²) in [7, 11) is 5.17. The van der Waals surface area contributed by atoms with Gasteiger partial charge in [-0.05, 0) is 11.6 Å². The predicted molar refractivity (Wildman–Crippen MR) is 94.2 cm³/mol. The first-order valence-electron chi connectivity index (χ1n) is 6.49. The first kappa shape index (κ1) is 18.1. The molecule has 0 unspecified atom stereocenters. The Morgan fingerprint density at radius 3 is 2.73 bits per heavy atom. The van der Waals surface area contributed by atoms with Crippen LogP contribution in [0.1, 0.15) is 11.4 Å². The van der Waals surface area contributed by atoms with Crippen LogP contribution < -0.4 is 15.4 Å². The number of rotatable bonds is 5. The Morgan fingerprint density at radius 1 is 1.32 bits per heavy atom. The van der Waals surface area contributed by atoms with Gasteiger partial charge >= 0.3 is 0 Å². The molecule has 8 nitrogen and oxygen atoms in total. The standard InChI is InChI=1S/C13H19N7O.HI/c1-14-13(17-8-11-18-9-19-20(11)2)16-7-10-4-5-15-12(6-10)21-3;/h4-6,9H,7-8H2,1-3H3,(H2,14,16,17);1H. The molecule has 0 saturated carbocycles. The number of ether oxygens (including phenoxy) is 1. The number of aryl methyl sites for hydroxylation is 1. The maximum absolute atomic E-state index is 5.09. The average molecular weight is 417 g/mol. The van der Waals surface area contributed by atoms with E-state index in [1.165, 1.54) is 6.33 Å². The topological polar surface area (TPSA) is 89.2 Å². The van der Waals surface area contributed by atoms with Crippen LogP contribution in [0.3, 0.4) is 0 Å². The van der Waals surface area contributed by atoms with Crippen LogP contribution in [0.15, 0.2) is 29.6 Å². The minimum atomic E-state index is 0. The highest BCUT2D eigenvalue weighted by atomic mass is 127. The number of hydrogen-bond donors (Lipinski definition) is 2. The second-order valence-corrected chi connectivity index (χ2v) is 4.29. The van der Waals surface area contributed by atoms with Crippen molar-refractivity contribution in [3.8, 4) is 5.88 Å². The molecule has 0 aliphatic heterocycles. The molecule has 2 rings (SSSR count). The molecule has 9 heteroatoms. The lowest BCUT2D eigenvalue weighted by molar-refractivity contribution is 0.397. The summed E-state index contributed by atoms with van der Waals surface area (Å²) in [5, 5.41) is 10.4. The van der Waals surface area contributed by atoms with E-state index in [9.17, 15) is 0 Å². The highest BCUT2D eigenvalue weighted by Crippen LogP contribution is 2.07. The summed E-state index contributed by atoms with van der Waals surface area (Å²) in [6.45, 7) is 1.17. The summed E-state index contributed by atoms with van der Waals surface area (Å²) in [6.07, 6.45) is 3.24. The molecule has 0 atom stereocenters. The molecule has 0 aliphatic carbocycles. The smallest absolute Gasteiger partial charge is 0.213 e. The van der Waals surface area contributed by atoms with Crippen molar-refractivity contribution in [3.63, 3.8) is 0 Å². The van der Waals surface area contributed by atoms with Crippen molar-refractivity contribution in [3.05, 3.63) is 36.0 Å². The predicted octanol–water partition coefficient (Wildman–Crippen LogP) is 0.702. The van der Waals surface area contributed by atoms with Crippen LogP contribution in [0.2, 0.25) is 0 Å². The summed E-state index contributed by atoms with van der Waals surface area (Å²) < 4.78 is 6.81. The number of nitrogens with one attached hydrogen (secondary N) is 2. The van der Waals surface area contributed by atoms with Crippen molar-refractivity contribution >= 4 is 29.9 Å². The number of nitrogens with zero attached hydrogens (tertiary/aromatic N) is 5. The van der Waals surface area contributed by atoms with Crippen molar-refractivity contribution in [1.29, 1.82) is 0 Å². The summed E-state index contributed by atoms with van der Waals surface area (Å²) in [6, 6.07) is 3.80. The highest BCUT2D eigenvalue weighted by Gasteiger charge is 2.03. The summed E-state index contributed by atoms with van der Waals surface area (Å²) in [4.78, 5) is 12.4. The van der Waals surface area contributed by atoms with Crippen LogP contribution in [-0.4, -0.2) is 39.9 Å². The zero-order chi connectivity index (χ0) is 15.1. The van der Waals surface area contributed by atoms with E-state index in [2.05, 4.69) is 30.7 Å². The maximum Gasteiger partial charge on any atom is 0.213 e. The lowest BCUT2D eigenvalue weighted by Crippen LogP contribution is -2.36. The van der Waals surface area contributed by atoms with E-state index < -0.39 is 0 Å². The van der Waals surface area contributed by atoms with Gasteiger partial charge in [0.15, 0.2) is 5.96 Å². The lowest BCUT2D eigenvalue weighted by Gasteiger charge is -2.11. The Bertz CT molecular complexity index is 614. The van der Waals surface area contributed by atoms with Gasteiger partial charge < -0.3 is 15.4 Å². The number of hydrogen-bond acceptors (Lipinski definition) is 5. The van der Waals surface area contributed by atoms with Crippen molar-refractivity contribution < 1.29 is 4.74 Å². The van der Waals surface area contributed by atoms with Gasteiger partial charge in [-0.15, -0.1) is 24.0 Å². The molecule has 0 aromatic carbocycles. The van der Waals surface area contributed by atoms with Gasteiger partial charge in [0.1, 0.15) is 12.2 Å². The molecular formula is C13H20IN7O. The van der Waals surface area contributed by atoms with E-state index in [0.717, 1.165) is 11.4 Å². The fourth-order valence-electron chi connectivity index (χ4n) is 1.72. The molecule has 2 aromatic heterocycles. The normalized spacial score (nSPS) is 10.8. The SMILES string of the molecule is CN=C(NCc1ccnc(OC)c1)NCc1ncnn1C.I. The van der Waals surface area contributed by atoms with Gasteiger partial charge in [-0.3, -0.25) is 9.67 Å². The van der Waals surface area contributed by atoms with Crippen LogP contribution >= 0.6 is 24.0 Å². The molecule has 0 aliphatic rings. The summed E-state index contributed by atoms with van der Waals surface area (Å²) in [5.41, 5.74) is 1.06. The molecule has 0 amide bonds. The molecule has 2 heterocycles. The fraction of sp³-hybridized carbons (Fsp3) is 0.385. The summed E-state index contributed by atoms with van der Waals surface area (Å²) >= 11 is 0. The number of halogens is 1. The van der Waals surface area contributed by atoms with Crippen molar-refractivity contribution in [1.82, 2.24) is 30.4 Å². The van der Waals surface area contributed by atoms with E-state index in [-0.39, 0.29) is 24.0 Å². The number of aliphatic imine (C=N–C) groups is 1. The van der Waals surface area contributed by atoms with E-state index in [0.29, 0.717) is 24.9 Å². The van der Waals surface area contributed by atoms with E-state index in [4.69, 9.17) is 4.74 Å². The van der Waals surface area contributed by atoms with Crippen molar-refractivity contribution in [2.75, 3.05) is 14.2 Å². The van der Waals surface area contributed by atoms with Gasteiger partial charge in [-0.25, -0.2) is 9.97 Å². The number of pyridine rings is 1. The molecule has 0 saturated heterocycles. The third kappa shape index (κ3) is 5.13. The first-order chi connectivity index (χ1) is 10.2. The zero-order valence-corrected chi connectivity index (χ0v) is 15.1. The Kier molecular flexibility index (Phi) is 7.57. The van der Waals surface area contributed by atoms with Gasteiger partial charge in [0.2, 0.25) is 5.88 Å². The largest absolute Gasteiger partial charge is 0.481 e. The van der Waals surface area contributed by atoms with Crippen molar-refractivity contribution in [2.45, 2.75) is 13.1 Å². The Balaban J connectivity index is 0.00000242. The van der Waals surface area contributed by atoms with Crippen LogP contribution in [0, 0.1) is 0 Å². The fourth-order valence-corrected chi connectivity index (χ4v) is 1.72. The second kappa shape index (κ2) is 9.18. The molecule has 120 valence electrons. The van der Waals surface area contributed by atoms with Crippen LogP contribution in [0.5, 0.6) is 5.88 Å². The highest BCUT2D eigenvalue weighted by molar-refractivity contribution is 14.0. The molecule has 0 radical (unpaired) electrons. The Morgan fingerprint density at radius 2 is 2.09 bits per heavy atom. The third-order valence-corrected chi connectivity index (χ3v) is 2.91. The van der Waals surface area contributed by atoms with E-state index in [1.54, 1.807) is 25.0 Å².